The molecule has 5 rings (SSSR count). The Kier molecular flexibility index (Phi) is 7.70. The minimum Gasteiger partial charge on any atom is -0.326 e. The Hall–Kier alpha value is -4.40. The molecular weight excluding hydrogens is 584 g/mol. The lowest BCUT2D eigenvalue weighted by atomic mass is 10.0. The number of anilines is 1. The van der Waals surface area contributed by atoms with Gasteiger partial charge >= 0.3 is 6.18 Å². The number of aromatic nitrogens is 6. The van der Waals surface area contributed by atoms with E-state index in [4.69, 9.17) is 11.6 Å². The summed E-state index contributed by atoms with van der Waals surface area (Å²) in [5.41, 5.74) is 2.02. The molecule has 0 aliphatic carbocycles. The van der Waals surface area contributed by atoms with Crippen molar-refractivity contribution in [3.05, 3.63) is 53.3 Å². The third-order valence-electron chi connectivity index (χ3n) is 6.66. The van der Waals surface area contributed by atoms with Gasteiger partial charge in [0.25, 0.3) is 0 Å². The average molecular weight is 607 g/mol. The number of fused-ring (bicyclic) bond motifs is 1. The standard InChI is InChI=1S/C26H23ClF4N8O3/c1-13(40)23-18-5-15(16-7-32-14(2)33-8-16)3-4-20(18)39(35-23)11-22(41)38-9-17(28)6-21(38)25(42)34-24-19(27)10-37(36-24)12-26(29,30)31/h3-5,7-8,10,17,21H,6,9,11-12H2,1-2H3,(H,34,36,42)/t17-,21+/m1/s1. The van der Waals surface area contributed by atoms with E-state index < -0.39 is 43.3 Å². The van der Waals surface area contributed by atoms with Crippen molar-refractivity contribution in [1.82, 2.24) is 34.4 Å². The van der Waals surface area contributed by atoms with Gasteiger partial charge in [0.15, 0.2) is 11.6 Å². The largest absolute Gasteiger partial charge is 0.408 e. The molecule has 0 unspecified atom stereocenters. The Morgan fingerprint density at radius 1 is 1.12 bits per heavy atom. The minimum atomic E-state index is -4.57. The molecule has 0 radical (unpaired) electrons. The van der Waals surface area contributed by atoms with Crippen molar-refractivity contribution in [1.29, 1.82) is 0 Å². The highest BCUT2D eigenvalue weighted by molar-refractivity contribution is 6.33. The monoisotopic (exact) mass is 606 g/mol. The zero-order valence-electron chi connectivity index (χ0n) is 22.2. The molecule has 1 saturated heterocycles. The summed E-state index contributed by atoms with van der Waals surface area (Å²) in [5, 5.41) is 10.5. The number of nitrogens with one attached hydrogen (secondary N) is 1. The minimum absolute atomic E-state index is 0.121. The van der Waals surface area contributed by atoms with Gasteiger partial charge in [-0.25, -0.2) is 14.4 Å². The number of ketones is 1. The normalized spacial score (nSPS) is 17.2. The summed E-state index contributed by atoms with van der Waals surface area (Å²) in [6.45, 7) is 0.870. The number of amides is 2. The van der Waals surface area contributed by atoms with E-state index in [2.05, 4.69) is 25.5 Å². The molecular formula is C26H23ClF4N8O3. The van der Waals surface area contributed by atoms with Crippen molar-refractivity contribution in [2.45, 2.75) is 51.7 Å². The molecule has 16 heteroatoms. The van der Waals surface area contributed by atoms with Crippen molar-refractivity contribution in [2.75, 3.05) is 11.9 Å². The first kappa shape index (κ1) is 29.1. The number of likely N-dealkylation sites (tertiary alicyclic amines) is 1. The first-order chi connectivity index (χ1) is 19.8. The van der Waals surface area contributed by atoms with E-state index in [1.165, 1.54) is 11.6 Å². The van der Waals surface area contributed by atoms with E-state index in [9.17, 15) is 31.9 Å². The predicted octanol–water partition coefficient (Wildman–Crippen LogP) is 3.99. The molecule has 0 saturated carbocycles. The zero-order valence-corrected chi connectivity index (χ0v) is 22.9. The van der Waals surface area contributed by atoms with Crippen LogP contribution in [-0.4, -0.2) is 77.0 Å². The highest BCUT2D eigenvalue weighted by Crippen LogP contribution is 2.29. The van der Waals surface area contributed by atoms with Crippen LogP contribution in [0.15, 0.2) is 36.8 Å². The molecule has 0 bridgehead atoms. The van der Waals surface area contributed by atoms with Crippen LogP contribution in [0.4, 0.5) is 23.4 Å². The number of Topliss-reactive ketones (excluding diaryl/α,β-unsaturated/α-hetero) is 1. The number of nitrogens with zero attached hydrogens (tertiary/aromatic N) is 7. The van der Waals surface area contributed by atoms with Crippen LogP contribution in [0.5, 0.6) is 0 Å². The van der Waals surface area contributed by atoms with Gasteiger partial charge < -0.3 is 10.2 Å². The van der Waals surface area contributed by atoms with Gasteiger partial charge in [-0.2, -0.15) is 23.4 Å². The molecule has 0 spiro atoms. The van der Waals surface area contributed by atoms with Crippen molar-refractivity contribution in [2.24, 2.45) is 0 Å². The Morgan fingerprint density at radius 2 is 1.83 bits per heavy atom. The molecule has 1 fully saturated rings. The van der Waals surface area contributed by atoms with Gasteiger partial charge in [-0.1, -0.05) is 17.7 Å². The Labute approximate surface area is 240 Å². The van der Waals surface area contributed by atoms with Crippen LogP contribution in [0.2, 0.25) is 5.02 Å². The fourth-order valence-electron chi connectivity index (χ4n) is 4.76. The summed E-state index contributed by atoms with van der Waals surface area (Å²) < 4.78 is 54.4. The maximum Gasteiger partial charge on any atom is 0.408 e. The second-order valence-corrected chi connectivity index (χ2v) is 10.2. The number of hydrogen-bond acceptors (Lipinski definition) is 7. The SMILES string of the molecule is CC(=O)c1nn(CC(=O)N2C[C@H](F)C[C@H]2C(=O)Nc2nn(CC(F)(F)F)cc2Cl)c2ccc(-c3cnc(C)nc3)cc12. The van der Waals surface area contributed by atoms with Crippen molar-refractivity contribution in [3.63, 3.8) is 0 Å². The number of hydrogen-bond donors (Lipinski definition) is 1. The molecule has 1 aromatic carbocycles. The van der Waals surface area contributed by atoms with Gasteiger partial charge in [0, 0.05) is 42.9 Å². The summed E-state index contributed by atoms with van der Waals surface area (Å²) in [5.74, 6) is -1.60. The van der Waals surface area contributed by atoms with Crippen LogP contribution in [0.3, 0.4) is 0 Å². The van der Waals surface area contributed by atoms with Crippen LogP contribution >= 0.6 is 11.6 Å². The maximum absolute atomic E-state index is 14.5. The third kappa shape index (κ3) is 6.10. The van der Waals surface area contributed by atoms with Gasteiger partial charge in [0.1, 0.15) is 41.8 Å². The molecule has 1 N–H and O–H groups in total. The summed E-state index contributed by atoms with van der Waals surface area (Å²) in [7, 11) is 0. The fourth-order valence-corrected chi connectivity index (χ4v) is 4.95. The summed E-state index contributed by atoms with van der Waals surface area (Å²) in [6, 6.07) is 3.90. The highest BCUT2D eigenvalue weighted by Gasteiger charge is 2.40. The number of benzene rings is 1. The van der Waals surface area contributed by atoms with E-state index in [-0.39, 0.29) is 35.3 Å². The summed E-state index contributed by atoms with van der Waals surface area (Å²) >= 11 is 5.93. The highest BCUT2D eigenvalue weighted by atomic mass is 35.5. The van der Waals surface area contributed by atoms with E-state index in [0.29, 0.717) is 27.0 Å². The maximum atomic E-state index is 14.5. The lowest BCUT2D eigenvalue weighted by Gasteiger charge is -2.23. The molecule has 42 heavy (non-hydrogen) atoms. The second-order valence-electron chi connectivity index (χ2n) is 9.84. The summed E-state index contributed by atoms with van der Waals surface area (Å²) in [4.78, 5) is 48.1. The van der Waals surface area contributed by atoms with E-state index in [1.807, 2.05) is 0 Å². The van der Waals surface area contributed by atoms with Crippen LogP contribution in [0, 0.1) is 6.92 Å². The lowest BCUT2D eigenvalue weighted by molar-refractivity contribution is -0.142. The topological polar surface area (TPSA) is 128 Å². The number of halogens is 5. The molecule has 2 atom stereocenters. The Morgan fingerprint density at radius 3 is 2.50 bits per heavy atom. The van der Waals surface area contributed by atoms with Crippen LogP contribution in [-0.2, 0) is 22.7 Å². The smallest absolute Gasteiger partial charge is 0.326 e. The van der Waals surface area contributed by atoms with Gasteiger partial charge in [-0.15, -0.1) is 0 Å². The zero-order chi connectivity index (χ0) is 30.3. The van der Waals surface area contributed by atoms with Crippen molar-refractivity contribution >= 4 is 45.9 Å². The third-order valence-corrected chi connectivity index (χ3v) is 6.93. The summed E-state index contributed by atoms with van der Waals surface area (Å²) in [6.07, 6.45) is -2.24. The number of aryl methyl sites for hydroxylation is 1. The quantitative estimate of drug-likeness (QED) is 0.249. The first-order valence-electron chi connectivity index (χ1n) is 12.6. The van der Waals surface area contributed by atoms with Gasteiger partial charge in [-0.05, 0) is 24.6 Å². The molecule has 4 heterocycles. The van der Waals surface area contributed by atoms with E-state index >= 15 is 0 Å². The predicted molar refractivity (Wildman–Crippen MR) is 142 cm³/mol. The molecule has 220 valence electrons. The molecule has 2 amide bonds. The van der Waals surface area contributed by atoms with E-state index in [1.54, 1.807) is 37.5 Å². The van der Waals surface area contributed by atoms with Gasteiger partial charge in [0.05, 0.1) is 12.1 Å². The van der Waals surface area contributed by atoms with Crippen molar-refractivity contribution < 1.29 is 31.9 Å². The Bertz CT molecular complexity index is 1690. The van der Waals surface area contributed by atoms with Gasteiger partial charge in [0.2, 0.25) is 11.8 Å². The fraction of sp³-hybridized carbons (Fsp3) is 0.346. The average Bonchev–Trinajstić information content (AvgIpc) is 3.58. The number of rotatable bonds is 7. The lowest BCUT2D eigenvalue weighted by Crippen LogP contribution is -2.44. The van der Waals surface area contributed by atoms with Crippen LogP contribution < -0.4 is 5.32 Å². The number of alkyl halides is 4. The van der Waals surface area contributed by atoms with Crippen LogP contribution in [0.25, 0.3) is 22.0 Å². The Balaban J connectivity index is 1.37. The molecule has 11 nitrogen and oxygen atoms in total. The number of carbonyl (C=O) groups excluding carboxylic acids is 3. The first-order valence-corrected chi connectivity index (χ1v) is 13.0. The molecule has 3 aromatic heterocycles. The molecule has 4 aromatic rings. The van der Waals surface area contributed by atoms with Gasteiger partial charge in [-0.3, -0.25) is 23.7 Å². The van der Waals surface area contributed by atoms with E-state index in [0.717, 1.165) is 16.7 Å². The second kappa shape index (κ2) is 11.1. The number of carbonyl (C=O) groups is 3. The van der Waals surface area contributed by atoms with Crippen molar-refractivity contribution in [3.8, 4) is 11.1 Å². The molecule has 1 aliphatic rings. The molecule has 1 aliphatic heterocycles. The van der Waals surface area contributed by atoms with Crippen LogP contribution in [0.1, 0.15) is 29.7 Å².